The van der Waals surface area contributed by atoms with Crippen LogP contribution in [-0.2, 0) is 4.87 Å². The van der Waals surface area contributed by atoms with Gasteiger partial charge in [0.05, 0.1) is 43.5 Å². The molecule has 6 N–H and O–H groups in total. The van der Waals surface area contributed by atoms with Crippen molar-refractivity contribution in [1.82, 2.24) is 29.6 Å². The minimum absolute atomic E-state index is 0.00455. The molecule has 0 spiro atoms. The summed E-state index contributed by atoms with van der Waals surface area (Å²) in [5.41, 5.74) is 9.35. The van der Waals surface area contributed by atoms with Crippen LogP contribution in [0.15, 0.2) is 160 Å². The molecule has 0 saturated carbocycles. The molecule has 14 heteroatoms. The second-order valence-electron chi connectivity index (χ2n) is 15.9. The zero-order chi connectivity index (χ0) is 42.8. The molecular formula is C48H50Cl2N8O4. The Morgan fingerprint density at radius 1 is 0.548 bits per heavy atom. The fourth-order valence-corrected chi connectivity index (χ4v) is 9.62. The van der Waals surface area contributed by atoms with Crippen molar-refractivity contribution >= 4 is 51.3 Å². The summed E-state index contributed by atoms with van der Waals surface area (Å²) < 4.78 is 0. The number of aromatic amines is 2. The molecule has 9 rings (SSSR count). The molecule has 0 aliphatic carbocycles. The van der Waals surface area contributed by atoms with Gasteiger partial charge in [0.15, 0.2) is 9.87 Å². The molecule has 7 aliphatic rings. The largest absolute Gasteiger partial charge is 0.395 e. The Kier molecular flexibility index (Phi) is 11.9. The van der Waals surface area contributed by atoms with Crippen LogP contribution in [0.25, 0.3) is 16.7 Å². The number of allylic oxidation sites excluding steroid dienone is 11. The Morgan fingerprint density at radius 2 is 1.06 bits per heavy atom. The van der Waals surface area contributed by atoms with Gasteiger partial charge < -0.3 is 50.0 Å². The van der Waals surface area contributed by atoms with Crippen molar-refractivity contribution < 1.29 is 20.4 Å². The van der Waals surface area contributed by atoms with E-state index in [0.29, 0.717) is 69.3 Å². The van der Waals surface area contributed by atoms with Crippen LogP contribution in [0.2, 0.25) is 0 Å². The Labute approximate surface area is 370 Å². The number of alkyl halides is 2. The molecule has 0 amide bonds. The number of halogens is 2. The first-order valence-corrected chi connectivity index (χ1v) is 21.8. The number of hydrogen-bond donors (Lipinski definition) is 6. The lowest BCUT2D eigenvalue weighted by Gasteiger charge is -2.39. The van der Waals surface area contributed by atoms with Crippen LogP contribution in [0.3, 0.4) is 0 Å². The summed E-state index contributed by atoms with van der Waals surface area (Å²) >= 11 is 16.0. The van der Waals surface area contributed by atoms with E-state index >= 15 is 0 Å². The molecular weight excluding hydrogens is 823 g/mol. The maximum absolute atomic E-state index is 9.94. The fourth-order valence-electron chi connectivity index (χ4n) is 8.93. The number of aromatic nitrogens is 2. The number of nitrogens with one attached hydrogen (secondary N) is 2. The van der Waals surface area contributed by atoms with Crippen LogP contribution in [0.4, 0.5) is 0 Å². The Hall–Kier alpha value is -5.60. The number of H-pyrrole nitrogens is 2. The van der Waals surface area contributed by atoms with Crippen molar-refractivity contribution in [2.45, 2.75) is 9.87 Å². The second kappa shape index (κ2) is 17.6. The lowest BCUT2D eigenvalue weighted by Crippen LogP contribution is -2.43. The van der Waals surface area contributed by atoms with Gasteiger partial charge in [-0.1, -0.05) is 60.2 Å². The third-order valence-electron chi connectivity index (χ3n) is 11.8. The quantitative estimate of drug-likeness (QED) is 0.141. The normalized spacial score (nSPS) is 24.3. The van der Waals surface area contributed by atoms with Gasteiger partial charge in [0.2, 0.25) is 0 Å². The van der Waals surface area contributed by atoms with E-state index in [2.05, 4.69) is 79.6 Å². The third-order valence-corrected chi connectivity index (χ3v) is 13.1. The van der Waals surface area contributed by atoms with E-state index in [4.69, 9.17) is 33.2 Å². The molecule has 7 aliphatic heterocycles. The van der Waals surface area contributed by atoms with E-state index in [9.17, 15) is 20.4 Å². The van der Waals surface area contributed by atoms with Crippen molar-refractivity contribution in [3.63, 3.8) is 0 Å². The predicted molar refractivity (Wildman–Crippen MR) is 247 cm³/mol. The number of β-amino-alcohol motifs (C(OH)–C–C–N with tert-alkyl or cyclic N) is 4. The van der Waals surface area contributed by atoms with E-state index in [-0.39, 0.29) is 26.4 Å². The molecule has 2 unspecified atom stereocenters. The molecule has 2 atom stereocenters. The van der Waals surface area contributed by atoms with Gasteiger partial charge in [-0.2, -0.15) is 0 Å². The summed E-state index contributed by atoms with van der Waals surface area (Å²) in [6, 6.07) is 8.06. The maximum atomic E-state index is 9.94. The van der Waals surface area contributed by atoms with Crippen molar-refractivity contribution in [1.29, 1.82) is 0 Å². The van der Waals surface area contributed by atoms with Gasteiger partial charge in [-0.3, -0.25) is 4.99 Å². The van der Waals surface area contributed by atoms with E-state index in [1.165, 1.54) is 0 Å². The standard InChI is InChI=1S/C48H50Cl2N8O4/c49-47-16-15-42(54-47)46(35-7-3-19-57(31-35)23-27-61)40-12-11-38(52-40)44(33-5-1-17-55(29-33)21-25-59)37-9-10-39(51-37)45(34-6-2-18-56(30-34)22-26-60)41-13-14-43(53-41)48(47,50)36-8-4-20-58(32-36)24-28-62/h1-16,29-32,52-53,59-62H,17-28H2. The number of aliphatic hydroxyl groups excluding tert-OH is 4. The number of aliphatic hydroxyl groups is 4. The van der Waals surface area contributed by atoms with Gasteiger partial charge >= 0.3 is 0 Å². The highest BCUT2D eigenvalue weighted by atomic mass is 35.5. The average molecular weight is 874 g/mol. The molecule has 12 nitrogen and oxygen atoms in total. The zero-order valence-electron chi connectivity index (χ0n) is 34.3. The highest BCUT2D eigenvalue weighted by Gasteiger charge is 2.55. The zero-order valence-corrected chi connectivity index (χ0v) is 35.8. The number of aliphatic imine (C=N–C) groups is 2. The lowest BCUT2D eigenvalue weighted by molar-refractivity contribution is 0.243. The molecule has 0 radical (unpaired) electrons. The van der Waals surface area contributed by atoms with E-state index in [0.717, 1.165) is 61.2 Å². The Balaban J connectivity index is 1.36. The summed E-state index contributed by atoms with van der Waals surface area (Å²) in [5.74, 6) is 0. The molecule has 8 bridgehead atoms. The first-order chi connectivity index (χ1) is 30.2. The van der Waals surface area contributed by atoms with Crippen LogP contribution < -0.4 is 10.7 Å². The summed E-state index contributed by atoms with van der Waals surface area (Å²) in [6.45, 7) is 4.42. The first-order valence-electron chi connectivity index (χ1n) is 21.0. The number of nitrogens with zero attached hydrogens (tertiary/aromatic N) is 6. The summed E-state index contributed by atoms with van der Waals surface area (Å²) in [5, 5.41) is 41.3. The highest BCUT2D eigenvalue weighted by Crippen LogP contribution is 2.54. The van der Waals surface area contributed by atoms with Crippen LogP contribution in [0, 0.1) is 0 Å². The average Bonchev–Trinajstić information content (AvgIpc) is 4.12. The molecule has 320 valence electrons. The van der Waals surface area contributed by atoms with Gasteiger partial charge in [0.25, 0.3) is 0 Å². The molecule has 0 aromatic carbocycles. The van der Waals surface area contributed by atoms with Crippen LogP contribution in [-0.4, -0.2) is 145 Å². The maximum Gasteiger partial charge on any atom is 0.181 e. The van der Waals surface area contributed by atoms with Crippen LogP contribution in [0.1, 0.15) is 11.4 Å². The number of fused-ring (bicyclic) bond motifs is 6. The third kappa shape index (κ3) is 7.76. The summed E-state index contributed by atoms with van der Waals surface area (Å²) in [6.07, 6.45) is 32.5. The van der Waals surface area contributed by atoms with Crippen molar-refractivity contribution in [3.05, 3.63) is 172 Å². The van der Waals surface area contributed by atoms with E-state index in [1.807, 2.05) is 72.0 Å². The minimum atomic E-state index is -1.55. The smallest absolute Gasteiger partial charge is 0.181 e. The van der Waals surface area contributed by atoms with E-state index in [1.54, 1.807) is 0 Å². The molecule has 2 aromatic rings. The van der Waals surface area contributed by atoms with Crippen molar-refractivity contribution in [2.24, 2.45) is 9.98 Å². The van der Waals surface area contributed by atoms with Crippen molar-refractivity contribution in [3.8, 4) is 0 Å². The lowest BCUT2D eigenvalue weighted by atomic mass is 9.86. The molecule has 9 heterocycles. The van der Waals surface area contributed by atoms with Gasteiger partial charge in [-0.05, 0) is 54.1 Å². The monoisotopic (exact) mass is 872 g/mol. The fraction of sp³-hybridized carbons (Fsp3) is 0.292. The Morgan fingerprint density at radius 3 is 1.63 bits per heavy atom. The van der Waals surface area contributed by atoms with Crippen LogP contribution in [0.5, 0.6) is 0 Å². The topological polar surface area (TPSA) is 150 Å². The molecule has 62 heavy (non-hydrogen) atoms. The van der Waals surface area contributed by atoms with Gasteiger partial charge in [0.1, 0.15) is 0 Å². The van der Waals surface area contributed by atoms with Crippen LogP contribution >= 0.6 is 23.2 Å². The predicted octanol–water partition coefficient (Wildman–Crippen LogP) is 3.45. The number of rotatable bonds is 12. The van der Waals surface area contributed by atoms with Gasteiger partial charge in [0, 0.05) is 133 Å². The summed E-state index contributed by atoms with van der Waals surface area (Å²) in [7, 11) is 0. The van der Waals surface area contributed by atoms with E-state index < -0.39 is 9.87 Å². The van der Waals surface area contributed by atoms with Gasteiger partial charge in [-0.25, -0.2) is 4.99 Å². The first kappa shape index (κ1) is 41.7. The highest BCUT2D eigenvalue weighted by molar-refractivity contribution is 6.41. The van der Waals surface area contributed by atoms with Gasteiger partial charge in [-0.15, -0.1) is 11.6 Å². The van der Waals surface area contributed by atoms with Crippen molar-refractivity contribution in [2.75, 3.05) is 78.8 Å². The SMILES string of the molecule is OCCN1C=C(C2=C3C=CC(=N3)C(C3=CN(CCO)CC=C3)=c3ccc([nH]3)=C(C3=CN(CCO)CC=C3)C3=NC(Cl)(C=C3)C(Cl)(C3=CN(CCO)CC=C3)c3ccc2[nH]3)C=CC1. The number of hydrogen-bond acceptors (Lipinski definition) is 10. The molecule has 2 aromatic heterocycles. The Bertz CT molecular complexity index is 2670. The second-order valence-corrected chi connectivity index (χ2v) is 17.0. The summed E-state index contributed by atoms with van der Waals surface area (Å²) in [4.78, 5) is 23.4. The minimum Gasteiger partial charge on any atom is -0.395 e. The molecule has 0 saturated heterocycles. The molecule has 0 fully saturated rings.